The van der Waals surface area contributed by atoms with Gasteiger partial charge in [0.05, 0.1) is 12.7 Å². The second-order valence-corrected chi connectivity index (χ2v) is 10.1. The van der Waals surface area contributed by atoms with Crippen LogP contribution < -0.4 is 9.64 Å². The van der Waals surface area contributed by atoms with E-state index in [1.165, 1.54) is 23.2 Å². The van der Waals surface area contributed by atoms with Gasteiger partial charge in [-0.3, -0.25) is 4.90 Å². The van der Waals surface area contributed by atoms with Gasteiger partial charge in [-0.05, 0) is 88.0 Å². The number of hydrogen-bond donors (Lipinski definition) is 0. The van der Waals surface area contributed by atoms with Crippen molar-refractivity contribution in [3.63, 3.8) is 0 Å². The van der Waals surface area contributed by atoms with Gasteiger partial charge in [-0.25, -0.2) is 0 Å². The Kier molecular flexibility index (Phi) is 8.24. The smallest absolute Gasteiger partial charge is 0.118 e. The van der Waals surface area contributed by atoms with Crippen molar-refractivity contribution >= 4 is 5.69 Å². The van der Waals surface area contributed by atoms with Crippen LogP contribution in [0, 0.1) is 0 Å². The van der Waals surface area contributed by atoms with E-state index < -0.39 is 0 Å². The highest BCUT2D eigenvalue weighted by Gasteiger charge is 2.42. The Bertz CT molecular complexity index is 830. The first kappa shape index (κ1) is 24.6. The van der Waals surface area contributed by atoms with Crippen LogP contribution in [-0.4, -0.2) is 51.4 Å². The normalized spacial score (nSPS) is 20.3. The number of nitrogens with zero attached hydrogens (tertiary/aromatic N) is 2. The molecule has 0 N–H and O–H groups in total. The SMILES string of the molecule is CCCN(CCC1(c2ccc(OC)cc2)CCOC(C)(C)C1)Cc1ccc(N(C)C)cc1. The quantitative estimate of drug-likeness (QED) is 0.462. The largest absolute Gasteiger partial charge is 0.497 e. The second-order valence-electron chi connectivity index (χ2n) is 10.1. The average molecular weight is 439 g/mol. The van der Waals surface area contributed by atoms with E-state index in [1.54, 1.807) is 7.11 Å². The molecule has 1 saturated heterocycles. The Morgan fingerprint density at radius 2 is 1.66 bits per heavy atom. The van der Waals surface area contributed by atoms with Crippen LogP contribution in [0.15, 0.2) is 48.5 Å². The van der Waals surface area contributed by atoms with Crippen molar-refractivity contribution in [2.45, 2.75) is 64.0 Å². The first-order chi connectivity index (χ1) is 15.3. The van der Waals surface area contributed by atoms with Gasteiger partial charge in [0, 0.05) is 38.3 Å². The molecule has 0 saturated carbocycles. The van der Waals surface area contributed by atoms with Crippen LogP contribution in [0.1, 0.15) is 57.6 Å². The minimum atomic E-state index is -0.101. The molecule has 3 rings (SSSR count). The summed E-state index contributed by atoms with van der Waals surface area (Å²) in [6.45, 7) is 10.8. The standard InChI is InChI=1S/C28H42N2O2/c1-7-18-30(21-23-8-12-25(13-9-23)29(4)5)19-16-28(17-20-32-27(2,3)22-28)24-10-14-26(31-6)15-11-24/h8-15H,7,16-22H2,1-6H3. The van der Waals surface area contributed by atoms with Gasteiger partial charge < -0.3 is 14.4 Å². The molecular formula is C28H42N2O2. The molecule has 0 spiro atoms. The lowest BCUT2D eigenvalue weighted by Crippen LogP contribution is -2.45. The van der Waals surface area contributed by atoms with Crippen LogP contribution in [0.3, 0.4) is 0 Å². The fourth-order valence-electron chi connectivity index (χ4n) is 5.14. The van der Waals surface area contributed by atoms with E-state index in [-0.39, 0.29) is 11.0 Å². The number of ether oxygens (including phenoxy) is 2. The Hall–Kier alpha value is -2.04. The predicted octanol–water partition coefficient (Wildman–Crippen LogP) is 5.89. The highest BCUT2D eigenvalue weighted by Crippen LogP contribution is 2.44. The maximum Gasteiger partial charge on any atom is 0.118 e. The number of hydrogen-bond acceptors (Lipinski definition) is 4. The van der Waals surface area contributed by atoms with Gasteiger partial charge in [-0.15, -0.1) is 0 Å². The summed E-state index contributed by atoms with van der Waals surface area (Å²) in [6, 6.07) is 17.7. The van der Waals surface area contributed by atoms with Gasteiger partial charge >= 0.3 is 0 Å². The van der Waals surface area contributed by atoms with Crippen molar-refractivity contribution < 1.29 is 9.47 Å². The molecule has 1 atom stereocenters. The third-order valence-electron chi connectivity index (χ3n) is 6.85. The lowest BCUT2D eigenvalue weighted by Gasteiger charge is -2.46. The molecule has 0 radical (unpaired) electrons. The minimum absolute atomic E-state index is 0.101. The van der Waals surface area contributed by atoms with Crippen molar-refractivity contribution in [1.29, 1.82) is 0 Å². The molecule has 176 valence electrons. The lowest BCUT2D eigenvalue weighted by atomic mass is 9.67. The van der Waals surface area contributed by atoms with Gasteiger partial charge in [0.25, 0.3) is 0 Å². The Morgan fingerprint density at radius 3 is 2.22 bits per heavy atom. The first-order valence-electron chi connectivity index (χ1n) is 12.0. The zero-order valence-corrected chi connectivity index (χ0v) is 21.0. The molecule has 0 aromatic heterocycles. The molecule has 32 heavy (non-hydrogen) atoms. The molecule has 2 aromatic carbocycles. The summed E-state index contributed by atoms with van der Waals surface area (Å²) < 4.78 is 11.5. The summed E-state index contributed by atoms with van der Waals surface area (Å²) in [6.07, 6.45) is 4.42. The summed E-state index contributed by atoms with van der Waals surface area (Å²) >= 11 is 0. The summed E-state index contributed by atoms with van der Waals surface area (Å²) in [4.78, 5) is 4.78. The third kappa shape index (κ3) is 6.26. The molecule has 1 aliphatic rings. The fraction of sp³-hybridized carbons (Fsp3) is 0.571. The van der Waals surface area contributed by atoms with Gasteiger partial charge in [-0.1, -0.05) is 31.2 Å². The molecule has 1 heterocycles. The van der Waals surface area contributed by atoms with Crippen LogP contribution in [0.25, 0.3) is 0 Å². The van der Waals surface area contributed by atoms with Crippen LogP contribution >= 0.6 is 0 Å². The number of rotatable bonds is 10. The van der Waals surface area contributed by atoms with E-state index in [2.05, 4.69) is 93.2 Å². The van der Waals surface area contributed by atoms with E-state index in [1.807, 2.05) is 0 Å². The molecular weight excluding hydrogens is 396 g/mol. The summed E-state index contributed by atoms with van der Waals surface area (Å²) in [5.41, 5.74) is 4.08. The van der Waals surface area contributed by atoms with Gasteiger partial charge in [-0.2, -0.15) is 0 Å². The lowest BCUT2D eigenvalue weighted by molar-refractivity contribution is -0.0854. The van der Waals surface area contributed by atoms with Crippen LogP contribution in [0.5, 0.6) is 5.75 Å². The van der Waals surface area contributed by atoms with Gasteiger partial charge in [0.2, 0.25) is 0 Å². The van der Waals surface area contributed by atoms with E-state index in [0.29, 0.717) is 0 Å². The maximum atomic E-state index is 6.13. The monoisotopic (exact) mass is 438 g/mol. The number of benzene rings is 2. The van der Waals surface area contributed by atoms with Crippen molar-refractivity contribution in [2.24, 2.45) is 0 Å². The predicted molar refractivity (Wildman–Crippen MR) is 135 cm³/mol. The van der Waals surface area contributed by atoms with Crippen molar-refractivity contribution in [3.8, 4) is 5.75 Å². The van der Waals surface area contributed by atoms with E-state index in [9.17, 15) is 0 Å². The third-order valence-corrected chi connectivity index (χ3v) is 6.85. The molecule has 1 unspecified atom stereocenters. The van der Waals surface area contributed by atoms with Gasteiger partial charge in [0.15, 0.2) is 0 Å². The maximum absolute atomic E-state index is 6.13. The van der Waals surface area contributed by atoms with Gasteiger partial charge in [0.1, 0.15) is 5.75 Å². The highest BCUT2D eigenvalue weighted by molar-refractivity contribution is 5.46. The Labute approximate surface area is 195 Å². The Morgan fingerprint density at radius 1 is 0.969 bits per heavy atom. The molecule has 0 bridgehead atoms. The number of anilines is 1. The highest BCUT2D eigenvalue weighted by atomic mass is 16.5. The van der Waals surface area contributed by atoms with Crippen LogP contribution in [-0.2, 0) is 16.7 Å². The molecule has 0 aliphatic carbocycles. The average Bonchev–Trinajstić information content (AvgIpc) is 2.77. The molecule has 0 amide bonds. The summed E-state index contributed by atoms with van der Waals surface area (Å²) in [7, 11) is 5.91. The van der Waals surface area contributed by atoms with E-state index in [4.69, 9.17) is 9.47 Å². The topological polar surface area (TPSA) is 24.9 Å². The molecule has 4 nitrogen and oxygen atoms in total. The zero-order valence-electron chi connectivity index (χ0n) is 21.0. The fourth-order valence-corrected chi connectivity index (χ4v) is 5.14. The minimum Gasteiger partial charge on any atom is -0.497 e. The molecule has 2 aromatic rings. The Balaban J connectivity index is 1.77. The molecule has 1 aliphatic heterocycles. The van der Waals surface area contributed by atoms with Crippen LogP contribution in [0.2, 0.25) is 0 Å². The van der Waals surface area contributed by atoms with Crippen molar-refractivity contribution in [3.05, 3.63) is 59.7 Å². The summed E-state index contributed by atoms with van der Waals surface area (Å²) in [5, 5.41) is 0. The number of methoxy groups -OCH3 is 1. The van der Waals surface area contributed by atoms with Crippen molar-refractivity contribution in [1.82, 2.24) is 4.90 Å². The van der Waals surface area contributed by atoms with E-state index >= 15 is 0 Å². The van der Waals surface area contributed by atoms with E-state index in [0.717, 1.165) is 51.3 Å². The molecule has 4 heteroatoms. The molecule has 1 fully saturated rings. The summed E-state index contributed by atoms with van der Waals surface area (Å²) in [5.74, 6) is 0.920. The second kappa shape index (κ2) is 10.7. The van der Waals surface area contributed by atoms with Crippen molar-refractivity contribution in [2.75, 3.05) is 45.8 Å². The van der Waals surface area contributed by atoms with Crippen LogP contribution in [0.4, 0.5) is 5.69 Å². The first-order valence-corrected chi connectivity index (χ1v) is 12.0. The zero-order chi connectivity index (χ0) is 23.2.